The number of carboxylic acids is 1. The Hall–Kier alpha value is -2.33. The molecule has 0 bridgehead atoms. The van der Waals surface area contributed by atoms with E-state index in [9.17, 15) is 4.79 Å². The molecule has 0 aromatic heterocycles. The highest BCUT2D eigenvalue weighted by Crippen LogP contribution is 2.15. The summed E-state index contributed by atoms with van der Waals surface area (Å²) in [6, 6.07) is 18.3. The van der Waals surface area contributed by atoms with Gasteiger partial charge in [-0.15, -0.1) is 0 Å². The molecule has 0 saturated carbocycles. The summed E-state index contributed by atoms with van der Waals surface area (Å²) in [4.78, 5) is 10.9. The van der Waals surface area contributed by atoms with Crippen molar-refractivity contribution in [2.45, 2.75) is 51.8 Å². The van der Waals surface area contributed by atoms with E-state index < -0.39 is 5.97 Å². The van der Waals surface area contributed by atoms with Crippen molar-refractivity contribution in [3.8, 4) is 5.75 Å². The van der Waals surface area contributed by atoms with E-state index in [2.05, 4.69) is 17.4 Å². The highest BCUT2D eigenvalue weighted by atomic mass is 16.5. The lowest BCUT2D eigenvalue weighted by molar-refractivity contribution is -0.137. The minimum Gasteiger partial charge on any atom is -0.491 e. The van der Waals surface area contributed by atoms with Gasteiger partial charge in [0, 0.05) is 19.0 Å². The van der Waals surface area contributed by atoms with E-state index in [0.717, 1.165) is 17.7 Å². The molecule has 0 heterocycles. The van der Waals surface area contributed by atoms with E-state index >= 15 is 0 Å². The Labute approximate surface area is 149 Å². The second-order valence-corrected chi connectivity index (χ2v) is 6.51. The molecule has 2 aromatic carbocycles. The van der Waals surface area contributed by atoms with Crippen molar-refractivity contribution in [3.63, 3.8) is 0 Å². The largest absolute Gasteiger partial charge is 0.491 e. The number of nitrogens with one attached hydrogen (secondary N) is 1. The fraction of sp³-hybridized carbons (Fsp3) is 0.381. The lowest BCUT2D eigenvalue weighted by atomic mass is 10.0. The van der Waals surface area contributed by atoms with Crippen LogP contribution in [0.1, 0.15) is 37.8 Å². The first kappa shape index (κ1) is 19.0. The minimum atomic E-state index is -0.755. The van der Waals surface area contributed by atoms with E-state index in [-0.39, 0.29) is 18.6 Å². The molecule has 0 fully saturated rings. The summed E-state index contributed by atoms with van der Waals surface area (Å²) < 4.78 is 5.65. The van der Waals surface area contributed by atoms with Crippen LogP contribution in [0.2, 0.25) is 0 Å². The van der Waals surface area contributed by atoms with Gasteiger partial charge in [0.2, 0.25) is 0 Å². The van der Waals surface area contributed by atoms with Gasteiger partial charge < -0.3 is 15.2 Å². The normalized spacial score (nSPS) is 12.1. The molecular formula is C21H27NO3. The summed E-state index contributed by atoms with van der Waals surface area (Å²) in [5.74, 6) is 0.112. The molecule has 0 aliphatic carbocycles. The predicted octanol–water partition coefficient (Wildman–Crippen LogP) is 4.04. The van der Waals surface area contributed by atoms with E-state index in [0.29, 0.717) is 13.0 Å². The number of rotatable bonds is 10. The van der Waals surface area contributed by atoms with Crippen LogP contribution in [0.25, 0.3) is 0 Å². The molecule has 2 N–H and O–H groups in total. The highest BCUT2D eigenvalue weighted by Gasteiger charge is 2.11. The SMILES string of the molecule is CC(C)Oc1ccc(CNC(CCC(=O)O)Cc2ccccc2)cc1. The number of benzene rings is 2. The summed E-state index contributed by atoms with van der Waals surface area (Å²) in [5, 5.41) is 12.5. The predicted molar refractivity (Wildman–Crippen MR) is 99.8 cm³/mol. The first-order valence-electron chi connectivity index (χ1n) is 8.77. The van der Waals surface area contributed by atoms with E-state index in [1.807, 2.05) is 56.3 Å². The van der Waals surface area contributed by atoms with Crippen LogP contribution in [0.3, 0.4) is 0 Å². The van der Waals surface area contributed by atoms with E-state index in [4.69, 9.17) is 9.84 Å². The molecule has 0 spiro atoms. The Morgan fingerprint density at radius 2 is 1.72 bits per heavy atom. The van der Waals surface area contributed by atoms with Gasteiger partial charge >= 0.3 is 5.97 Å². The first-order valence-corrected chi connectivity index (χ1v) is 8.77. The van der Waals surface area contributed by atoms with Crippen molar-refractivity contribution >= 4 is 5.97 Å². The molecule has 0 saturated heterocycles. The fourth-order valence-corrected chi connectivity index (χ4v) is 2.69. The molecule has 1 atom stereocenters. The smallest absolute Gasteiger partial charge is 0.303 e. The van der Waals surface area contributed by atoms with Crippen molar-refractivity contribution in [2.24, 2.45) is 0 Å². The van der Waals surface area contributed by atoms with Gasteiger partial charge in [0.05, 0.1) is 6.10 Å². The van der Waals surface area contributed by atoms with Crippen LogP contribution < -0.4 is 10.1 Å². The zero-order valence-electron chi connectivity index (χ0n) is 14.9. The van der Waals surface area contributed by atoms with Crippen LogP contribution in [0, 0.1) is 0 Å². The van der Waals surface area contributed by atoms with E-state index in [1.54, 1.807) is 0 Å². The van der Waals surface area contributed by atoms with Crippen molar-refractivity contribution in [1.29, 1.82) is 0 Å². The third-order valence-electron chi connectivity index (χ3n) is 3.92. The van der Waals surface area contributed by atoms with Gasteiger partial charge in [-0.05, 0) is 49.9 Å². The molecule has 2 rings (SSSR count). The quantitative estimate of drug-likeness (QED) is 0.685. The van der Waals surface area contributed by atoms with Crippen molar-refractivity contribution < 1.29 is 14.6 Å². The third kappa shape index (κ3) is 7.40. The Bertz CT molecular complexity index is 638. The summed E-state index contributed by atoms with van der Waals surface area (Å²) in [5.41, 5.74) is 2.37. The molecule has 0 aliphatic heterocycles. The second kappa shape index (κ2) is 9.84. The number of carboxylic acid groups (broad SMARTS) is 1. The van der Waals surface area contributed by atoms with Gasteiger partial charge in [-0.2, -0.15) is 0 Å². The van der Waals surface area contributed by atoms with E-state index in [1.165, 1.54) is 5.56 Å². The van der Waals surface area contributed by atoms with Gasteiger partial charge in [0.15, 0.2) is 0 Å². The lowest BCUT2D eigenvalue weighted by Gasteiger charge is -2.18. The van der Waals surface area contributed by atoms with Crippen LogP contribution in [0.4, 0.5) is 0 Å². The van der Waals surface area contributed by atoms with Crippen LogP contribution in [0.15, 0.2) is 54.6 Å². The van der Waals surface area contributed by atoms with Crippen LogP contribution in [0.5, 0.6) is 5.75 Å². The van der Waals surface area contributed by atoms with Crippen LogP contribution in [-0.2, 0) is 17.8 Å². The summed E-state index contributed by atoms with van der Waals surface area (Å²) in [7, 11) is 0. The van der Waals surface area contributed by atoms with Gasteiger partial charge in [-0.25, -0.2) is 0 Å². The molecule has 4 nitrogen and oxygen atoms in total. The monoisotopic (exact) mass is 341 g/mol. The third-order valence-corrected chi connectivity index (χ3v) is 3.92. The number of aliphatic carboxylic acids is 1. The molecule has 0 amide bonds. The fourth-order valence-electron chi connectivity index (χ4n) is 2.69. The Balaban J connectivity index is 1.92. The zero-order valence-corrected chi connectivity index (χ0v) is 14.9. The molecule has 0 radical (unpaired) electrons. The Kier molecular flexibility index (Phi) is 7.48. The van der Waals surface area contributed by atoms with Crippen LogP contribution >= 0.6 is 0 Å². The maximum Gasteiger partial charge on any atom is 0.303 e. The van der Waals surface area contributed by atoms with Gasteiger partial charge in [0.25, 0.3) is 0 Å². The second-order valence-electron chi connectivity index (χ2n) is 6.51. The van der Waals surface area contributed by atoms with Crippen molar-refractivity contribution in [2.75, 3.05) is 0 Å². The number of hydrogen-bond acceptors (Lipinski definition) is 3. The van der Waals surface area contributed by atoms with Crippen molar-refractivity contribution in [3.05, 3.63) is 65.7 Å². The van der Waals surface area contributed by atoms with Crippen molar-refractivity contribution in [1.82, 2.24) is 5.32 Å². The molecule has 25 heavy (non-hydrogen) atoms. The summed E-state index contributed by atoms with van der Waals surface area (Å²) in [6.45, 7) is 4.72. The maximum atomic E-state index is 10.9. The molecule has 0 aliphatic rings. The topological polar surface area (TPSA) is 58.6 Å². The molecule has 4 heteroatoms. The lowest BCUT2D eigenvalue weighted by Crippen LogP contribution is -2.31. The minimum absolute atomic E-state index is 0.130. The molecule has 2 aromatic rings. The van der Waals surface area contributed by atoms with Gasteiger partial charge in [0.1, 0.15) is 5.75 Å². The molecule has 134 valence electrons. The average molecular weight is 341 g/mol. The number of carbonyl (C=O) groups is 1. The number of hydrogen-bond donors (Lipinski definition) is 2. The Morgan fingerprint density at radius 1 is 1.04 bits per heavy atom. The summed E-state index contributed by atoms with van der Waals surface area (Å²) in [6.07, 6.45) is 1.77. The van der Waals surface area contributed by atoms with Crippen LogP contribution in [-0.4, -0.2) is 23.2 Å². The number of ether oxygens (including phenoxy) is 1. The molecular weight excluding hydrogens is 314 g/mol. The first-order chi connectivity index (χ1) is 12.0. The maximum absolute atomic E-state index is 10.9. The highest BCUT2D eigenvalue weighted by molar-refractivity contribution is 5.66. The average Bonchev–Trinajstić information content (AvgIpc) is 2.59. The summed E-state index contributed by atoms with van der Waals surface area (Å²) >= 11 is 0. The molecule has 1 unspecified atom stereocenters. The zero-order chi connectivity index (χ0) is 18.1. The van der Waals surface area contributed by atoms with Gasteiger partial charge in [-0.3, -0.25) is 4.79 Å². The Morgan fingerprint density at radius 3 is 2.32 bits per heavy atom. The van der Waals surface area contributed by atoms with Gasteiger partial charge in [-0.1, -0.05) is 42.5 Å². The standard InChI is InChI=1S/C21H27NO3/c1-16(2)25-20-11-8-18(9-12-20)15-22-19(10-13-21(23)24)14-17-6-4-3-5-7-17/h3-9,11-12,16,19,22H,10,13-15H2,1-2H3,(H,23,24).